The van der Waals surface area contributed by atoms with Crippen LogP contribution in [0.4, 0.5) is 0 Å². The number of nitrogens with zero attached hydrogens (tertiary/aromatic N) is 3. The van der Waals surface area contributed by atoms with Gasteiger partial charge in [-0.3, -0.25) is 14.8 Å². The number of carbonyl (C=O) groups excluding carboxylic acids is 1. The molecule has 160 valence electrons. The Morgan fingerprint density at radius 1 is 0.844 bits per heavy atom. The van der Waals surface area contributed by atoms with Crippen molar-refractivity contribution in [3.63, 3.8) is 0 Å². The van der Waals surface area contributed by atoms with Gasteiger partial charge in [0.1, 0.15) is 0 Å². The van der Waals surface area contributed by atoms with Crippen molar-refractivity contribution in [3.05, 3.63) is 108 Å². The van der Waals surface area contributed by atoms with Gasteiger partial charge in [0, 0.05) is 23.8 Å². The van der Waals surface area contributed by atoms with E-state index < -0.39 is 0 Å². The van der Waals surface area contributed by atoms with E-state index in [9.17, 15) is 4.79 Å². The summed E-state index contributed by atoms with van der Waals surface area (Å²) in [5.41, 5.74) is 3.88. The third-order valence-corrected chi connectivity index (χ3v) is 6.57. The molecule has 0 bridgehead atoms. The van der Waals surface area contributed by atoms with E-state index in [1.54, 1.807) is 12.4 Å². The summed E-state index contributed by atoms with van der Waals surface area (Å²) >= 11 is 0. The molecule has 1 fully saturated rings. The van der Waals surface area contributed by atoms with Gasteiger partial charge < -0.3 is 4.90 Å². The molecule has 32 heavy (non-hydrogen) atoms. The van der Waals surface area contributed by atoms with E-state index in [0.29, 0.717) is 18.0 Å². The second-order valence-corrected chi connectivity index (χ2v) is 8.59. The molecule has 1 aliphatic carbocycles. The minimum Gasteiger partial charge on any atom is -0.330 e. The topological polar surface area (TPSA) is 46.1 Å². The summed E-state index contributed by atoms with van der Waals surface area (Å²) in [6.07, 6.45) is 7.69. The standard InChI is InChI=1S/C28H27N3O/c32-28(24-18-23-10-4-5-12-27(23)30-19-24)31(20-25-11-6-7-17-29-25)26-15-13-22(14-16-26)21-8-2-1-3-9-21/h1-12,17-19,22,26H,13-16,20H2. The number of rotatable bonds is 5. The van der Waals surface area contributed by atoms with Crippen LogP contribution in [0.2, 0.25) is 0 Å². The summed E-state index contributed by atoms with van der Waals surface area (Å²) in [4.78, 5) is 24.7. The zero-order valence-electron chi connectivity index (χ0n) is 18.1. The van der Waals surface area contributed by atoms with Gasteiger partial charge in [-0.25, -0.2) is 0 Å². The lowest BCUT2D eigenvalue weighted by molar-refractivity contribution is 0.0602. The van der Waals surface area contributed by atoms with Crippen molar-refractivity contribution < 1.29 is 4.79 Å². The van der Waals surface area contributed by atoms with Gasteiger partial charge in [0.2, 0.25) is 0 Å². The van der Waals surface area contributed by atoms with Crippen molar-refractivity contribution >= 4 is 16.8 Å². The maximum atomic E-state index is 13.7. The molecule has 2 aromatic carbocycles. The van der Waals surface area contributed by atoms with Crippen molar-refractivity contribution in [2.75, 3.05) is 0 Å². The number of aromatic nitrogens is 2. The second-order valence-electron chi connectivity index (χ2n) is 8.59. The number of fused-ring (bicyclic) bond motifs is 1. The quantitative estimate of drug-likeness (QED) is 0.397. The first-order chi connectivity index (χ1) is 15.8. The minimum absolute atomic E-state index is 0.0390. The monoisotopic (exact) mass is 421 g/mol. The number of amides is 1. The smallest absolute Gasteiger partial charge is 0.256 e. The SMILES string of the molecule is O=C(c1cnc2ccccc2c1)N(Cc1ccccn1)C1CCC(c2ccccc2)CC1. The predicted octanol–water partition coefficient (Wildman–Crippen LogP) is 6.00. The Morgan fingerprint density at radius 3 is 2.38 bits per heavy atom. The van der Waals surface area contributed by atoms with E-state index in [4.69, 9.17) is 0 Å². The number of carbonyl (C=O) groups is 1. The Balaban J connectivity index is 1.39. The molecule has 1 aliphatic rings. The van der Waals surface area contributed by atoms with Crippen molar-refractivity contribution in [1.29, 1.82) is 0 Å². The van der Waals surface area contributed by atoms with Crippen LogP contribution in [0.25, 0.3) is 10.9 Å². The van der Waals surface area contributed by atoms with Gasteiger partial charge in [-0.1, -0.05) is 54.6 Å². The predicted molar refractivity (Wildman–Crippen MR) is 127 cm³/mol. The summed E-state index contributed by atoms with van der Waals surface area (Å²) in [6, 6.07) is 26.7. The van der Waals surface area contributed by atoms with Gasteiger partial charge in [-0.15, -0.1) is 0 Å². The Hall–Kier alpha value is -3.53. The Kier molecular flexibility index (Phi) is 5.93. The summed E-state index contributed by atoms with van der Waals surface area (Å²) in [6.45, 7) is 0.521. The first kappa shape index (κ1) is 20.4. The first-order valence-electron chi connectivity index (χ1n) is 11.4. The van der Waals surface area contributed by atoms with Crippen LogP contribution in [0.1, 0.15) is 53.2 Å². The number of pyridine rings is 2. The van der Waals surface area contributed by atoms with E-state index in [0.717, 1.165) is 42.3 Å². The third-order valence-electron chi connectivity index (χ3n) is 6.57. The maximum Gasteiger partial charge on any atom is 0.256 e. The number of benzene rings is 2. The van der Waals surface area contributed by atoms with Crippen LogP contribution in [0.15, 0.2) is 91.3 Å². The molecule has 1 amide bonds. The van der Waals surface area contributed by atoms with Crippen LogP contribution >= 0.6 is 0 Å². The molecule has 4 heteroatoms. The summed E-state index contributed by atoms with van der Waals surface area (Å²) < 4.78 is 0. The first-order valence-corrected chi connectivity index (χ1v) is 11.4. The molecular weight excluding hydrogens is 394 g/mol. The highest BCUT2D eigenvalue weighted by Gasteiger charge is 2.30. The fourth-order valence-corrected chi connectivity index (χ4v) is 4.83. The van der Waals surface area contributed by atoms with Crippen molar-refractivity contribution in [2.24, 2.45) is 0 Å². The highest BCUT2D eigenvalue weighted by Crippen LogP contribution is 2.35. The minimum atomic E-state index is 0.0390. The average molecular weight is 422 g/mol. The molecule has 0 spiro atoms. The van der Waals surface area contributed by atoms with Gasteiger partial charge >= 0.3 is 0 Å². The molecule has 0 saturated heterocycles. The van der Waals surface area contributed by atoms with Crippen molar-refractivity contribution in [3.8, 4) is 0 Å². The van der Waals surface area contributed by atoms with E-state index in [1.165, 1.54) is 5.56 Å². The van der Waals surface area contributed by atoms with Gasteiger partial charge in [-0.2, -0.15) is 0 Å². The number of hydrogen-bond donors (Lipinski definition) is 0. The number of para-hydroxylation sites is 1. The Bertz CT molecular complexity index is 1180. The van der Waals surface area contributed by atoms with E-state index in [-0.39, 0.29) is 11.9 Å². The fraction of sp³-hybridized carbons (Fsp3) is 0.250. The fourth-order valence-electron chi connectivity index (χ4n) is 4.83. The molecule has 0 aliphatic heterocycles. The van der Waals surface area contributed by atoms with Crippen LogP contribution < -0.4 is 0 Å². The summed E-state index contributed by atoms with van der Waals surface area (Å²) in [5, 5.41) is 0.990. The lowest BCUT2D eigenvalue weighted by Gasteiger charge is -2.37. The third kappa shape index (κ3) is 4.40. The Labute approximate surface area is 189 Å². The molecule has 5 rings (SSSR count). The summed E-state index contributed by atoms with van der Waals surface area (Å²) in [7, 11) is 0. The van der Waals surface area contributed by atoms with E-state index in [2.05, 4.69) is 40.3 Å². The molecule has 4 nitrogen and oxygen atoms in total. The lowest BCUT2D eigenvalue weighted by Crippen LogP contribution is -2.42. The molecule has 4 aromatic rings. The normalized spacial score (nSPS) is 18.4. The zero-order chi connectivity index (χ0) is 21.8. The molecule has 2 heterocycles. The van der Waals surface area contributed by atoms with Gasteiger partial charge in [0.05, 0.1) is 23.3 Å². The zero-order valence-corrected chi connectivity index (χ0v) is 18.1. The molecule has 0 radical (unpaired) electrons. The van der Waals surface area contributed by atoms with Crippen LogP contribution in [0, 0.1) is 0 Å². The molecule has 2 aromatic heterocycles. The van der Waals surface area contributed by atoms with Crippen LogP contribution in [-0.2, 0) is 6.54 Å². The average Bonchev–Trinajstić information content (AvgIpc) is 2.88. The van der Waals surface area contributed by atoms with Crippen molar-refractivity contribution in [1.82, 2.24) is 14.9 Å². The van der Waals surface area contributed by atoms with Crippen molar-refractivity contribution in [2.45, 2.75) is 44.2 Å². The van der Waals surface area contributed by atoms with Gasteiger partial charge in [-0.05, 0) is 61.4 Å². The molecule has 0 unspecified atom stereocenters. The van der Waals surface area contributed by atoms with Gasteiger partial charge in [0.25, 0.3) is 5.91 Å². The van der Waals surface area contributed by atoms with Crippen LogP contribution in [-0.4, -0.2) is 26.8 Å². The molecular formula is C28H27N3O. The largest absolute Gasteiger partial charge is 0.330 e. The van der Waals surface area contributed by atoms with Crippen LogP contribution in [0.5, 0.6) is 0 Å². The highest BCUT2D eigenvalue weighted by molar-refractivity contribution is 5.97. The molecule has 0 atom stereocenters. The second kappa shape index (κ2) is 9.31. The summed E-state index contributed by atoms with van der Waals surface area (Å²) in [5.74, 6) is 0.610. The maximum absolute atomic E-state index is 13.7. The van der Waals surface area contributed by atoms with Gasteiger partial charge in [0.15, 0.2) is 0 Å². The van der Waals surface area contributed by atoms with E-state index in [1.807, 2.05) is 53.4 Å². The number of hydrogen-bond acceptors (Lipinski definition) is 3. The Morgan fingerprint density at radius 2 is 1.59 bits per heavy atom. The van der Waals surface area contributed by atoms with Crippen LogP contribution in [0.3, 0.4) is 0 Å². The molecule has 1 saturated carbocycles. The lowest BCUT2D eigenvalue weighted by atomic mass is 9.81. The molecule has 0 N–H and O–H groups in total. The van der Waals surface area contributed by atoms with E-state index >= 15 is 0 Å². The highest BCUT2D eigenvalue weighted by atomic mass is 16.2.